The van der Waals surface area contributed by atoms with Crippen molar-refractivity contribution >= 4 is 11.6 Å². The van der Waals surface area contributed by atoms with E-state index >= 15 is 0 Å². The lowest BCUT2D eigenvalue weighted by molar-refractivity contribution is -0.689. The van der Waals surface area contributed by atoms with E-state index in [4.69, 9.17) is 5.11 Å². The Morgan fingerprint density at radius 2 is 1.95 bits per heavy atom. The van der Waals surface area contributed by atoms with Crippen LogP contribution in [0, 0.1) is 24.0 Å². The number of aliphatic hydroxyl groups is 1. The van der Waals surface area contributed by atoms with E-state index in [1.165, 1.54) is 15.3 Å². The monoisotopic (exact) mass is 304 g/mol. The molecule has 0 fully saturated rings. The molecule has 0 radical (unpaired) electrons. The number of aryl methyl sites for hydroxylation is 1. The van der Waals surface area contributed by atoms with Gasteiger partial charge in [0.15, 0.2) is 12.7 Å². The Balaban J connectivity index is 2.29. The predicted octanol–water partition coefficient (Wildman–Crippen LogP) is 1.18. The number of aliphatic hydroxyl groups excluding tert-OH is 1. The van der Waals surface area contributed by atoms with Crippen molar-refractivity contribution in [2.24, 2.45) is 0 Å². The first kappa shape index (κ1) is 15.8. The summed E-state index contributed by atoms with van der Waals surface area (Å²) in [6.45, 7) is 3.56. The molecule has 0 spiro atoms. The lowest BCUT2D eigenvalue weighted by atomic mass is 10.1. The zero-order valence-corrected chi connectivity index (χ0v) is 12.5. The third-order valence-corrected chi connectivity index (χ3v) is 3.55. The molecule has 0 amide bonds. The molecule has 0 unspecified atom stereocenters. The molecule has 0 saturated heterocycles. The molecule has 1 N–H and O–H groups in total. The molecule has 2 rings (SSSR count). The predicted molar refractivity (Wildman–Crippen MR) is 78.6 cm³/mol. The summed E-state index contributed by atoms with van der Waals surface area (Å²) in [5.41, 5.74) is 1.63. The lowest BCUT2D eigenvalue weighted by Gasteiger charge is -2.01. The Morgan fingerprint density at radius 1 is 1.32 bits per heavy atom. The highest BCUT2D eigenvalue weighted by Crippen LogP contribution is 2.12. The number of carbonyl (C=O) groups is 1. The highest BCUT2D eigenvalue weighted by atomic mass is 16.6. The quantitative estimate of drug-likeness (QED) is 0.375. The SMILES string of the molecule is Cc1ccc(C(=O)C[n+]2cc([N+](=O)[O-])n(CCO)c2C)cc1. The summed E-state index contributed by atoms with van der Waals surface area (Å²) >= 11 is 0. The number of imidazole rings is 1. The summed E-state index contributed by atoms with van der Waals surface area (Å²) in [4.78, 5) is 22.8. The molecule has 2 aromatic rings. The Kier molecular flexibility index (Phi) is 4.67. The van der Waals surface area contributed by atoms with E-state index in [1.807, 2.05) is 19.1 Å². The molecule has 7 heteroatoms. The van der Waals surface area contributed by atoms with Crippen molar-refractivity contribution in [1.29, 1.82) is 0 Å². The van der Waals surface area contributed by atoms with Crippen LogP contribution in [-0.2, 0) is 13.1 Å². The molecule has 0 saturated carbocycles. The fraction of sp³-hybridized carbons (Fsp3) is 0.333. The molecule has 7 nitrogen and oxygen atoms in total. The third-order valence-electron chi connectivity index (χ3n) is 3.55. The van der Waals surface area contributed by atoms with E-state index in [0.29, 0.717) is 11.4 Å². The topological polar surface area (TPSA) is 89.3 Å². The molecule has 116 valence electrons. The van der Waals surface area contributed by atoms with Gasteiger partial charge >= 0.3 is 5.82 Å². The van der Waals surface area contributed by atoms with Crippen LogP contribution in [0.3, 0.4) is 0 Å². The van der Waals surface area contributed by atoms with Crippen molar-refractivity contribution < 1.29 is 19.4 Å². The molecule has 22 heavy (non-hydrogen) atoms. The highest BCUT2D eigenvalue weighted by Gasteiger charge is 2.25. The summed E-state index contributed by atoms with van der Waals surface area (Å²) in [5.74, 6) is 0.300. The van der Waals surface area contributed by atoms with Crippen LogP contribution in [0.1, 0.15) is 21.7 Å². The van der Waals surface area contributed by atoms with E-state index in [0.717, 1.165) is 5.56 Å². The molecule has 0 atom stereocenters. The number of benzene rings is 1. The summed E-state index contributed by atoms with van der Waals surface area (Å²) in [6, 6.07) is 7.19. The van der Waals surface area contributed by atoms with Gasteiger partial charge in [-0.15, -0.1) is 0 Å². The van der Waals surface area contributed by atoms with Gasteiger partial charge in [0.25, 0.3) is 5.82 Å². The van der Waals surface area contributed by atoms with Gasteiger partial charge in [-0.25, -0.2) is 4.57 Å². The Morgan fingerprint density at radius 3 is 2.50 bits per heavy atom. The maximum atomic E-state index is 12.3. The fourth-order valence-corrected chi connectivity index (χ4v) is 2.29. The van der Waals surface area contributed by atoms with Crippen LogP contribution in [0.25, 0.3) is 0 Å². The average Bonchev–Trinajstić information content (AvgIpc) is 2.78. The average molecular weight is 304 g/mol. The smallest absolute Gasteiger partial charge is 0.365 e. The third kappa shape index (κ3) is 3.20. The van der Waals surface area contributed by atoms with Gasteiger partial charge in [-0.05, 0) is 11.8 Å². The summed E-state index contributed by atoms with van der Waals surface area (Å²) in [6.07, 6.45) is 1.33. The Hall–Kier alpha value is -2.54. The summed E-state index contributed by atoms with van der Waals surface area (Å²) < 4.78 is 2.93. The first-order chi connectivity index (χ1) is 10.4. The van der Waals surface area contributed by atoms with Crippen LogP contribution in [-0.4, -0.2) is 27.0 Å². The minimum Gasteiger partial charge on any atom is -0.392 e. The normalized spacial score (nSPS) is 10.7. The van der Waals surface area contributed by atoms with Gasteiger partial charge in [0, 0.05) is 12.5 Å². The van der Waals surface area contributed by atoms with Crippen molar-refractivity contribution in [3.63, 3.8) is 0 Å². The van der Waals surface area contributed by atoms with Gasteiger partial charge in [-0.2, -0.15) is 4.57 Å². The molecule has 1 heterocycles. The van der Waals surface area contributed by atoms with Gasteiger partial charge in [0.1, 0.15) is 6.54 Å². The largest absolute Gasteiger partial charge is 0.392 e. The molecule has 0 bridgehead atoms. The minimum absolute atomic E-state index is 0.0220. The zero-order chi connectivity index (χ0) is 16.3. The summed E-state index contributed by atoms with van der Waals surface area (Å²) in [5, 5.41) is 20.1. The van der Waals surface area contributed by atoms with E-state index in [-0.39, 0.29) is 31.3 Å². The molecule has 1 aromatic heterocycles. The first-order valence-corrected chi connectivity index (χ1v) is 6.88. The van der Waals surface area contributed by atoms with Gasteiger partial charge in [-0.1, -0.05) is 29.8 Å². The van der Waals surface area contributed by atoms with Gasteiger partial charge in [0.05, 0.1) is 6.61 Å². The van der Waals surface area contributed by atoms with E-state index in [9.17, 15) is 14.9 Å². The summed E-state index contributed by atoms with van der Waals surface area (Å²) in [7, 11) is 0. The second kappa shape index (κ2) is 6.48. The first-order valence-electron chi connectivity index (χ1n) is 6.88. The Labute approximate surface area is 127 Å². The second-order valence-corrected chi connectivity index (χ2v) is 5.08. The zero-order valence-electron chi connectivity index (χ0n) is 12.5. The molecule has 0 aliphatic rings. The maximum absolute atomic E-state index is 12.3. The van der Waals surface area contributed by atoms with Crippen LogP contribution in [0.15, 0.2) is 30.5 Å². The number of nitro groups is 1. The van der Waals surface area contributed by atoms with Crippen molar-refractivity contribution in [1.82, 2.24) is 4.57 Å². The van der Waals surface area contributed by atoms with E-state index in [2.05, 4.69) is 0 Å². The molecule has 1 aromatic carbocycles. The number of nitrogens with zero attached hydrogens (tertiary/aromatic N) is 3. The van der Waals surface area contributed by atoms with Gasteiger partial charge in [-0.3, -0.25) is 4.79 Å². The van der Waals surface area contributed by atoms with Crippen LogP contribution in [0.2, 0.25) is 0 Å². The lowest BCUT2D eigenvalue weighted by Crippen LogP contribution is -2.39. The van der Waals surface area contributed by atoms with Crippen LogP contribution < -0.4 is 4.57 Å². The van der Waals surface area contributed by atoms with Crippen LogP contribution in [0.5, 0.6) is 0 Å². The number of aromatic nitrogens is 2. The molecule has 0 aliphatic carbocycles. The second-order valence-electron chi connectivity index (χ2n) is 5.08. The van der Waals surface area contributed by atoms with E-state index in [1.54, 1.807) is 19.1 Å². The van der Waals surface area contributed by atoms with Gasteiger partial charge < -0.3 is 15.2 Å². The van der Waals surface area contributed by atoms with Crippen molar-refractivity contribution in [2.75, 3.05) is 6.61 Å². The molecular formula is C15H18N3O4+. The van der Waals surface area contributed by atoms with Gasteiger partial charge in [0.2, 0.25) is 5.78 Å². The number of rotatable bonds is 6. The minimum atomic E-state index is -0.518. The number of ketones is 1. The van der Waals surface area contributed by atoms with Crippen molar-refractivity contribution in [3.05, 3.63) is 57.5 Å². The number of hydrogen-bond acceptors (Lipinski definition) is 4. The highest BCUT2D eigenvalue weighted by molar-refractivity contribution is 5.95. The number of carbonyl (C=O) groups excluding carboxylic acids is 1. The number of Topliss-reactive ketones (excluding diaryl/α,β-unsaturated/α-hetero) is 1. The van der Waals surface area contributed by atoms with E-state index < -0.39 is 4.92 Å². The van der Waals surface area contributed by atoms with Crippen LogP contribution in [0.4, 0.5) is 5.82 Å². The Bertz CT molecular complexity index is 704. The molecule has 0 aliphatic heterocycles. The fourth-order valence-electron chi connectivity index (χ4n) is 2.29. The van der Waals surface area contributed by atoms with Crippen LogP contribution >= 0.6 is 0 Å². The van der Waals surface area contributed by atoms with Crippen molar-refractivity contribution in [2.45, 2.75) is 26.9 Å². The molecular weight excluding hydrogens is 286 g/mol. The standard InChI is InChI=1S/C15H18N3O4/c1-11-3-5-13(6-4-11)14(20)9-16-10-15(18(21)22)17(7-8-19)12(16)2/h3-6,10,19H,7-9H2,1-2H3/q+1. The maximum Gasteiger partial charge on any atom is 0.365 e. The number of hydrogen-bond donors (Lipinski definition) is 1. The van der Waals surface area contributed by atoms with Crippen molar-refractivity contribution in [3.8, 4) is 0 Å².